The lowest BCUT2D eigenvalue weighted by atomic mass is 10.0. The Morgan fingerprint density at radius 2 is 0.842 bits per heavy atom. The summed E-state index contributed by atoms with van der Waals surface area (Å²) >= 11 is 0. The SMILES string of the molecule is CCCCCCC(O)CCCCCCCCCC=C[CH]CCCCCCC/C=C/C[C@H](O)CCCCCC. The first-order valence-corrected chi connectivity index (χ1v) is 17.2. The molecule has 2 N–H and O–H groups in total. The second-order valence-corrected chi connectivity index (χ2v) is 11.8. The summed E-state index contributed by atoms with van der Waals surface area (Å²) in [6.45, 7) is 4.47. The van der Waals surface area contributed by atoms with Gasteiger partial charge in [-0.3, -0.25) is 0 Å². The summed E-state index contributed by atoms with van der Waals surface area (Å²) in [5.41, 5.74) is 0. The van der Waals surface area contributed by atoms with Gasteiger partial charge in [0.25, 0.3) is 0 Å². The Hall–Kier alpha value is -0.600. The van der Waals surface area contributed by atoms with Crippen LogP contribution in [0.15, 0.2) is 24.3 Å². The molecule has 0 aromatic rings. The van der Waals surface area contributed by atoms with Crippen LogP contribution >= 0.6 is 0 Å². The van der Waals surface area contributed by atoms with E-state index in [1.807, 2.05) is 0 Å². The number of allylic oxidation sites excluding steroid dienone is 3. The molecule has 0 aliphatic carbocycles. The minimum absolute atomic E-state index is 0.0513. The first-order valence-electron chi connectivity index (χ1n) is 17.2. The Labute approximate surface area is 240 Å². The Bertz CT molecular complexity index is 484. The van der Waals surface area contributed by atoms with E-state index in [1.54, 1.807) is 0 Å². The molecule has 2 heteroatoms. The number of rotatable bonds is 31. The molecule has 2 atom stereocenters. The van der Waals surface area contributed by atoms with E-state index < -0.39 is 0 Å². The van der Waals surface area contributed by atoms with E-state index in [0.29, 0.717) is 0 Å². The van der Waals surface area contributed by atoms with Crippen molar-refractivity contribution in [3.8, 4) is 0 Å². The van der Waals surface area contributed by atoms with Gasteiger partial charge in [-0.1, -0.05) is 154 Å². The predicted molar refractivity (Wildman–Crippen MR) is 171 cm³/mol. The molecular weight excluding hydrogens is 464 g/mol. The van der Waals surface area contributed by atoms with Gasteiger partial charge in [0.1, 0.15) is 0 Å². The molecule has 1 unspecified atom stereocenters. The van der Waals surface area contributed by atoms with Crippen molar-refractivity contribution in [1.29, 1.82) is 0 Å². The van der Waals surface area contributed by atoms with Crippen LogP contribution in [0, 0.1) is 6.42 Å². The highest BCUT2D eigenvalue weighted by molar-refractivity contribution is 4.94. The average Bonchev–Trinajstić information content (AvgIpc) is 2.92. The molecule has 0 saturated carbocycles. The van der Waals surface area contributed by atoms with Gasteiger partial charge in [-0.15, -0.1) is 0 Å². The fraction of sp³-hybridized carbons (Fsp3) is 0.861. The summed E-state index contributed by atoms with van der Waals surface area (Å²) in [7, 11) is 0. The van der Waals surface area contributed by atoms with Gasteiger partial charge in [0, 0.05) is 0 Å². The molecule has 0 heterocycles. The largest absolute Gasteiger partial charge is 0.393 e. The smallest absolute Gasteiger partial charge is 0.0574 e. The number of hydrogen-bond donors (Lipinski definition) is 2. The highest BCUT2D eigenvalue weighted by Crippen LogP contribution is 2.15. The second-order valence-electron chi connectivity index (χ2n) is 11.8. The zero-order valence-electron chi connectivity index (χ0n) is 26.0. The van der Waals surface area contributed by atoms with Crippen molar-refractivity contribution in [2.24, 2.45) is 0 Å². The van der Waals surface area contributed by atoms with Gasteiger partial charge in [-0.2, -0.15) is 0 Å². The fourth-order valence-electron chi connectivity index (χ4n) is 5.12. The Kier molecular flexibility index (Phi) is 32.1. The van der Waals surface area contributed by atoms with Crippen molar-refractivity contribution in [3.05, 3.63) is 30.7 Å². The van der Waals surface area contributed by atoms with Crippen LogP contribution in [-0.2, 0) is 0 Å². The summed E-state index contributed by atoms with van der Waals surface area (Å²) in [5, 5.41) is 20.0. The maximum Gasteiger partial charge on any atom is 0.0574 e. The monoisotopic (exact) mass is 534 g/mol. The van der Waals surface area contributed by atoms with Crippen LogP contribution in [0.3, 0.4) is 0 Å². The first-order chi connectivity index (χ1) is 18.7. The van der Waals surface area contributed by atoms with Crippen LogP contribution in [0.2, 0.25) is 0 Å². The number of aliphatic hydroxyl groups excluding tert-OH is 2. The molecule has 0 fully saturated rings. The quantitative estimate of drug-likeness (QED) is 0.0687. The van der Waals surface area contributed by atoms with E-state index in [2.05, 4.69) is 44.6 Å². The third-order valence-electron chi connectivity index (χ3n) is 7.78. The van der Waals surface area contributed by atoms with Gasteiger partial charge in [-0.25, -0.2) is 0 Å². The lowest BCUT2D eigenvalue weighted by Crippen LogP contribution is -2.05. The molecule has 0 amide bonds. The zero-order valence-corrected chi connectivity index (χ0v) is 26.0. The standard InChI is InChI=1S/C36H69O2/c1-3-5-7-27-31-35(37)33-29-25-23-21-19-17-15-13-11-9-10-12-14-16-18-20-22-24-26-30-34-36(38)32-28-8-6-4-2/h9-11,26,30,35-38H,3-8,12-25,27-29,31-34H2,1-2H3/b11-9?,30-26+/t35?,36-/m1/s1. The van der Waals surface area contributed by atoms with E-state index in [0.717, 1.165) is 25.7 Å². The topological polar surface area (TPSA) is 40.5 Å². The highest BCUT2D eigenvalue weighted by Gasteiger charge is 2.03. The highest BCUT2D eigenvalue weighted by atomic mass is 16.3. The minimum atomic E-state index is -0.134. The number of hydrogen-bond acceptors (Lipinski definition) is 2. The van der Waals surface area contributed by atoms with Crippen LogP contribution in [0.4, 0.5) is 0 Å². The van der Waals surface area contributed by atoms with Crippen molar-refractivity contribution < 1.29 is 10.2 Å². The zero-order chi connectivity index (χ0) is 27.8. The third-order valence-corrected chi connectivity index (χ3v) is 7.78. The molecular formula is C36H69O2. The van der Waals surface area contributed by atoms with Crippen molar-refractivity contribution in [2.45, 2.75) is 199 Å². The Morgan fingerprint density at radius 1 is 0.421 bits per heavy atom. The molecule has 38 heavy (non-hydrogen) atoms. The maximum absolute atomic E-state index is 10.0. The summed E-state index contributed by atoms with van der Waals surface area (Å²) in [4.78, 5) is 0. The summed E-state index contributed by atoms with van der Waals surface area (Å²) in [5.74, 6) is 0. The lowest BCUT2D eigenvalue weighted by molar-refractivity contribution is 0.147. The van der Waals surface area contributed by atoms with E-state index in [-0.39, 0.29) is 12.2 Å². The molecule has 1 radical (unpaired) electrons. The molecule has 0 bridgehead atoms. The van der Waals surface area contributed by atoms with E-state index >= 15 is 0 Å². The van der Waals surface area contributed by atoms with E-state index in [9.17, 15) is 10.2 Å². The van der Waals surface area contributed by atoms with Gasteiger partial charge < -0.3 is 10.2 Å². The molecule has 0 aliphatic rings. The average molecular weight is 534 g/mol. The van der Waals surface area contributed by atoms with Crippen LogP contribution < -0.4 is 0 Å². The van der Waals surface area contributed by atoms with E-state index in [4.69, 9.17) is 0 Å². The third kappa shape index (κ3) is 31.6. The first kappa shape index (κ1) is 37.4. The Balaban J connectivity index is 3.25. The Morgan fingerprint density at radius 3 is 1.39 bits per heavy atom. The number of aliphatic hydroxyl groups is 2. The summed E-state index contributed by atoms with van der Waals surface area (Å²) in [6, 6.07) is 0. The maximum atomic E-state index is 10.0. The minimum Gasteiger partial charge on any atom is -0.393 e. The molecule has 0 aromatic carbocycles. The normalized spacial score (nSPS) is 13.7. The van der Waals surface area contributed by atoms with Crippen LogP contribution in [-0.4, -0.2) is 22.4 Å². The van der Waals surface area contributed by atoms with Crippen LogP contribution in [0.1, 0.15) is 187 Å². The molecule has 0 aliphatic heterocycles. The molecule has 0 rings (SSSR count). The fourth-order valence-corrected chi connectivity index (χ4v) is 5.12. The van der Waals surface area contributed by atoms with Crippen molar-refractivity contribution in [3.63, 3.8) is 0 Å². The lowest BCUT2D eigenvalue weighted by Gasteiger charge is -2.10. The van der Waals surface area contributed by atoms with Gasteiger partial charge in [0.2, 0.25) is 0 Å². The molecule has 0 saturated heterocycles. The van der Waals surface area contributed by atoms with Gasteiger partial charge in [0.15, 0.2) is 0 Å². The predicted octanol–water partition coefficient (Wildman–Crippen LogP) is 11.6. The van der Waals surface area contributed by atoms with Gasteiger partial charge in [0.05, 0.1) is 12.2 Å². The molecule has 0 aromatic heterocycles. The van der Waals surface area contributed by atoms with E-state index in [1.165, 1.54) is 148 Å². The molecule has 2 nitrogen and oxygen atoms in total. The molecule has 225 valence electrons. The summed E-state index contributed by atoms with van der Waals surface area (Å²) in [6.07, 6.45) is 44.7. The summed E-state index contributed by atoms with van der Waals surface area (Å²) < 4.78 is 0. The van der Waals surface area contributed by atoms with Crippen molar-refractivity contribution in [1.82, 2.24) is 0 Å². The second kappa shape index (κ2) is 32.6. The van der Waals surface area contributed by atoms with Crippen LogP contribution in [0.5, 0.6) is 0 Å². The van der Waals surface area contributed by atoms with Crippen molar-refractivity contribution >= 4 is 0 Å². The molecule has 0 spiro atoms. The number of unbranched alkanes of at least 4 members (excludes halogenated alkanes) is 20. The van der Waals surface area contributed by atoms with Gasteiger partial charge in [-0.05, 0) is 64.2 Å². The van der Waals surface area contributed by atoms with Crippen LogP contribution in [0.25, 0.3) is 0 Å². The van der Waals surface area contributed by atoms with Crippen molar-refractivity contribution in [2.75, 3.05) is 0 Å². The van der Waals surface area contributed by atoms with Gasteiger partial charge >= 0.3 is 0 Å².